The van der Waals surface area contributed by atoms with E-state index in [0.29, 0.717) is 5.75 Å². The molecule has 0 amide bonds. The molecule has 14 heavy (non-hydrogen) atoms. The first-order valence-corrected chi connectivity index (χ1v) is 4.84. The molecule has 2 N–H and O–H groups in total. The predicted molar refractivity (Wildman–Crippen MR) is 53.9 cm³/mol. The number of hydrogen-bond acceptors (Lipinski definition) is 4. The first kappa shape index (κ1) is 13.7. The molecule has 1 rings (SSSR count). The molecule has 1 aromatic carbocycles. The van der Waals surface area contributed by atoms with Crippen LogP contribution in [0.2, 0.25) is 0 Å². The zero-order valence-corrected chi connectivity index (χ0v) is 7.74. The van der Waals surface area contributed by atoms with Crippen LogP contribution in [-0.4, -0.2) is 45.1 Å². The summed E-state index contributed by atoms with van der Waals surface area (Å²) in [5.74, 6) is 0.769. The second kappa shape index (κ2) is 5.57. The van der Waals surface area contributed by atoms with Gasteiger partial charge in [-0.1, -0.05) is 0 Å². The van der Waals surface area contributed by atoms with E-state index in [2.05, 4.69) is 9.32 Å². The van der Waals surface area contributed by atoms with Gasteiger partial charge in [-0.3, -0.25) is 0 Å². The molecule has 7 heteroatoms. The molecule has 0 heterocycles. The molecule has 0 fully saturated rings. The van der Waals surface area contributed by atoms with Gasteiger partial charge in [-0.05, 0) is 24.3 Å². The molecule has 74 valence electrons. The van der Waals surface area contributed by atoms with Crippen molar-refractivity contribution in [2.75, 3.05) is 7.11 Å². The van der Waals surface area contributed by atoms with Crippen LogP contribution in [0.25, 0.3) is 0 Å². The molecule has 0 aliphatic rings. The van der Waals surface area contributed by atoms with Gasteiger partial charge in [0.2, 0.25) is 0 Å². The predicted octanol–water partition coefficient (Wildman–Crippen LogP) is -0.371. The Kier molecular flexibility index (Phi) is 5.46. The summed E-state index contributed by atoms with van der Waals surface area (Å²) in [6, 6.07) is 6.04. The van der Waals surface area contributed by atoms with Crippen LogP contribution in [0.4, 0.5) is 0 Å². The van der Waals surface area contributed by atoms with Crippen molar-refractivity contribution in [3.63, 3.8) is 0 Å². The number of nitrogens with two attached hydrogens (primary N) is 1. The van der Waals surface area contributed by atoms with E-state index in [9.17, 15) is 8.42 Å². The summed E-state index contributed by atoms with van der Waals surface area (Å²) in [4.78, 5) is 0. The molecule has 0 saturated heterocycles. The average Bonchev–Trinajstić information content (AvgIpc) is 2.03. The molecule has 0 aliphatic heterocycles. The number of rotatable bonds is 3. The van der Waals surface area contributed by atoms with Crippen LogP contribution in [0.15, 0.2) is 24.3 Å². The van der Waals surface area contributed by atoms with Gasteiger partial charge in [0, 0.05) is 0 Å². The average molecular weight is 227 g/mol. The van der Waals surface area contributed by atoms with Gasteiger partial charge in [0.1, 0.15) is 11.5 Å². The van der Waals surface area contributed by atoms with Crippen LogP contribution in [0.3, 0.4) is 0 Å². The summed E-state index contributed by atoms with van der Waals surface area (Å²) in [5.41, 5.74) is 0. The van der Waals surface area contributed by atoms with Crippen molar-refractivity contribution in [1.82, 2.24) is 0 Å². The van der Waals surface area contributed by atoms with Gasteiger partial charge in [-0.25, -0.2) is 0 Å². The standard InChI is InChI=1S/C7H9NO4S.Na.H/c1-11-6-2-4-7(5-3-6)12-13(8,9)10;;/h2-5H,1H3,(H2,8,9,10);;. The van der Waals surface area contributed by atoms with Crippen LogP contribution in [0, 0.1) is 0 Å². The fourth-order valence-corrected chi connectivity index (χ4v) is 1.14. The van der Waals surface area contributed by atoms with Gasteiger partial charge in [-0.2, -0.15) is 13.6 Å². The number of ether oxygens (including phenoxy) is 1. The van der Waals surface area contributed by atoms with Crippen molar-refractivity contribution < 1.29 is 17.3 Å². The van der Waals surface area contributed by atoms with E-state index in [0.717, 1.165) is 0 Å². The molecule has 0 radical (unpaired) electrons. The summed E-state index contributed by atoms with van der Waals surface area (Å²) >= 11 is 0. The minimum absolute atomic E-state index is 0. The third-order valence-electron chi connectivity index (χ3n) is 1.27. The molecule has 0 spiro atoms. The Morgan fingerprint density at radius 3 is 1.93 bits per heavy atom. The van der Waals surface area contributed by atoms with Gasteiger partial charge >= 0.3 is 39.9 Å². The number of methoxy groups -OCH3 is 1. The van der Waals surface area contributed by atoms with Crippen LogP contribution in [0.1, 0.15) is 0 Å². The first-order chi connectivity index (χ1) is 6.01. The number of hydrogen-bond donors (Lipinski definition) is 1. The Morgan fingerprint density at radius 1 is 1.14 bits per heavy atom. The van der Waals surface area contributed by atoms with Crippen LogP contribution >= 0.6 is 0 Å². The SMILES string of the molecule is COc1ccc(OS(N)(=O)=O)cc1.[NaH]. The fourth-order valence-electron chi connectivity index (χ4n) is 0.765. The normalized spacial score (nSPS) is 10.1. The van der Waals surface area contributed by atoms with E-state index < -0.39 is 10.3 Å². The van der Waals surface area contributed by atoms with Crippen molar-refractivity contribution in [3.8, 4) is 11.5 Å². The molecule has 0 atom stereocenters. The summed E-state index contributed by atoms with van der Waals surface area (Å²) in [6.07, 6.45) is 0. The Morgan fingerprint density at radius 2 is 1.57 bits per heavy atom. The fraction of sp³-hybridized carbons (Fsp3) is 0.143. The third kappa shape index (κ3) is 4.83. The molecule has 1 aromatic rings. The van der Waals surface area contributed by atoms with Crippen LogP contribution in [0.5, 0.6) is 11.5 Å². The van der Waals surface area contributed by atoms with Gasteiger partial charge in [-0.15, -0.1) is 0 Å². The Balaban J connectivity index is 0.00000169. The van der Waals surface area contributed by atoms with Gasteiger partial charge in [0.15, 0.2) is 0 Å². The van der Waals surface area contributed by atoms with Crippen LogP contribution < -0.4 is 14.1 Å². The van der Waals surface area contributed by atoms with Crippen LogP contribution in [-0.2, 0) is 10.3 Å². The van der Waals surface area contributed by atoms with Gasteiger partial charge in [0.25, 0.3) is 0 Å². The molecular weight excluding hydrogens is 217 g/mol. The van der Waals surface area contributed by atoms with E-state index in [1.165, 1.54) is 19.2 Å². The summed E-state index contributed by atoms with van der Waals surface area (Å²) in [6.45, 7) is 0. The van der Waals surface area contributed by atoms with Crippen molar-refractivity contribution in [3.05, 3.63) is 24.3 Å². The topological polar surface area (TPSA) is 78.6 Å². The Bertz CT molecular complexity index is 375. The second-order valence-electron chi connectivity index (χ2n) is 2.25. The molecule has 0 aliphatic carbocycles. The summed E-state index contributed by atoms with van der Waals surface area (Å²) < 4.78 is 30.2. The van der Waals surface area contributed by atoms with Gasteiger partial charge in [0.05, 0.1) is 7.11 Å². The minimum atomic E-state index is -3.94. The van der Waals surface area contributed by atoms with Crippen molar-refractivity contribution in [2.45, 2.75) is 0 Å². The molecule has 0 unspecified atom stereocenters. The zero-order chi connectivity index (χ0) is 9.90. The van der Waals surface area contributed by atoms with Crippen molar-refractivity contribution >= 4 is 39.9 Å². The van der Waals surface area contributed by atoms with E-state index >= 15 is 0 Å². The Labute approximate surface area is 105 Å². The maximum absolute atomic E-state index is 10.5. The van der Waals surface area contributed by atoms with Crippen molar-refractivity contribution in [2.24, 2.45) is 5.14 Å². The van der Waals surface area contributed by atoms with E-state index in [4.69, 9.17) is 4.74 Å². The van der Waals surface area contributed by atoms with E-state index in [1.54, 1.807) is 12.1 Å². The maximum atomic E-state index is 10.5. The van der Waals surface area contributed by atoms with Gasteiger partial charge < -0.3 is 8.92 Å². The van der Waals surface area contributed by atoms with E-state index in [1.807, 2.05) is 0 Å². The van der Waals surface area contributed by atoms with Crippen molar-refractivity contribution in [1.29, 1.82) is 0 Å². The third-order valence-corrected chi connectivity index (χ3v) is 1.70. The molecule has 0 bridgehead atoms. The monoisotopic (exact) mass is 227 g/mol. The summed E-state index contributed by atoms with van der Waals surface area (Å²) in [5, 5.41) is 4.66. The summed E-state index contributed by atoms with van der Waals surface area (Å²) in [7, 11) is -2.43. The quantitative estimate of drug-likeness (QED) is 0.714. The molecule has 0 aromatic heterocycles. The molecule has 5 nitrogen and oxygen atoms in total. The molecular formula is C7H10NNaO4S. The second-order valence-corrected chi connectivity index (χ2v) is 3.40. The van der Waals surface area contributed by atoms with E-state index in [-0.39, 0.29) is 35.3 Å². The molecule has 0 saturated carbocycles. The number of benzene rings is 1. The zero-order valence-electron chi connectivity index (χ0n) is 6.93. The Hall–Kier alpha value is -0.270. The first-order valence-electron chi connectivity index (χ1n) is 3.37.